The van der Waals surface area contributed by atoms with E-state index in [2.05, 4.69) is 46.0 Å². The summed E-state index contributed by atoms with van der Waals surface area (Å²) in [6.45, 7) is 13.0. The Bertz CT molecular complexity index is 1500. The first-order valence-corrected chi connectivity index (χ1v) is 15.7. The molecule has 1 amide bonds. The predicted octanol–water partition coefficient (Wildman–Crippen LogP) is 7.25. The Hall–Kier alpha value is -3.97. The van der Waals surface area contributed by atoms with Crippen LogP contribution < -0.4 is 4.43 Å². The number of amides is 1. The molecule has 0 unspecified atom stereocenters. The Morgan fingerprint density at radius 3 is 2.45 bits per heavy atom. The molecule has 2 aliphatic heterocycles. The third-order valence-corrected chi connectivity index (χ3v) is 11.6. The molecule has 0 N–H and O–H groups in total. The van der Waals surface area contributed by atoms with Crippen LogP contribution in [0, 0.1) is 6.92 Å². The fourth-order valence-electron chi connectivity index (χ4n) is 4.08. The molecule has 3 aromatic rings. The smallest absolute Gasteiger partial charge is 0.282 e. The highest BCUT2D eigenvalue weighted by atomic mass is 28.4. The van der Waals surface area contributed by atoms with Crippen LogP contribution in [0.3, 0.4) is 0 Å². The SMILES string of the molecule is Cc1ccc(/C=C2/N=C3C(Cc4ccccc4)=NC(c4cccc(O[Si](C)(C)C(C)(C)C)c4)=CN3C2=O)o1. The van der Waals surface area contributed by atoms with Crippen LogP contribution in [0.4, 0.5) is 0 Å². The van der Waals surface area contributed by atoms with Gasteiger partial charge >= 0.3 is 0 Å². The molecule has 0 radical (unpaired) electrons. The topological polar surface area (TPSA) is 67.4 Å². The number of rotatable bonds is 6. The van der Waals surface area contributed by atoms with E-state index in [1.807, 2.05) is 61.5 Å². The molecule has 0 fully saturated rings. The summed E-state index contributed by atoms with van der Waals surface area (Å²) >= 11 is 0. The Balaban J connectivity index is 1.53. The number of carbonyl (C=O) groups excluding carboxylic acids is 1. The van der Waals surface area contributed by atoms with Crippen LogP contribution in [0.15, 0.2) is 93.0 Å². The van der Waals surface area contributed by atoms with E-state index in [-0.39, 0.29) is 10.9 Å². The molecule has 2 aromatic carbocycles. The second-order valence-electron chi connectivity index (χ2n) is 11.2. The zero-order valence-electron chi connectivity index (χ0n) is 22.8. The summed E-state index contributed by atoms with van der Waals surface area (Å²) in [7, 11) is -2.01. The van der Waals surface area contributed by atoms with E-state index in [9.17, 15) is 4.79 Å². The molecule has 3 heterocycles. The lowest BCUT2D eigenvalue weighted by Crippen LogP contribution is -2.43. The van der Waals surface area contributed by atoms with Gasteiger partial charge in [-0.15, -0.1) is 0 Å². The van der Waals surface area contributed by atoms with Crippen LogP contribution in [0.25, 0.3) is 11.8 Å². The van der Waals surface area contributed by atoms with E-state index >= 15 is 0 Å². The largest absolute Gasteiger partial charge is 0.543 e. The number of furan rings is 1. The number of amidine groups is 1. The second kappa shape index (κ2) is 9.72. The maximum absolute atomic E-state index is 13.5. The van der Waals surface area contributed by atoms with Crippen LogP contribution >= 0.6 is 0 Å². The van der Waals surface area contributed by atoms with Gasteiger partial charge in [0.25, 0.3) is 5.91 Å². The zero-order valence-corrected chi connectivity index (χ0v) is 23.8. The van der Waals surface area contributed by atoms with Crippen molar-refractivity contribution in [2.45, 2.75) is 52.2 Å². The van der Waals surface area contributed by atoms with Crippen LogP contribution in [0.5, 0.6) is 5.75 Å². The summed E-state index contributed by atoms with van der Waals surface area (Å²) in [6.07, 6.45) is 4.01. The van der Waals surface area contributed by atoms with Gasteiger partial charge in [0.2, 0.25) is 8.32 Å². The molecule has 194 valence electrons. The predicted molar refractivity (Wildman–Crippen MR) is 156 cm³/mol. The molecule has 0 saturated heterocycles. The fraction of sp³-hybridized carbons (Fsp3) is 0.258. The average Bonchev–Trinajstić information content (AvgIpc) is 3.41. The zero-order chi connectivity index (χ0) is 27.1. The first-order valence-electron chi connectivity index (χ1n) is 12.8. The van der Waals surface area contributed by atoms with Gasteiger partial charge in [0.05, 0.1) is 11.4 Å². The standard InChI is InChI=1S/C31H33N3O3Si/c1-21-15-16-24(36-21)19-27-30(35)34-20-28(32-26(29(34)33-27)17-22-11-8-7-9-12-22)23-13-10-14-25(18-23)37-38(5,6)31(2,3)4/h7-16,18-20H,17H2,1-6H3/b27-19+. The van der Waals surface area contributed by atoms with Gasteiger partial charge in [0.1, 0.15) is 23.0 Å². The molecular formula is C31H33N3O3Si. The normalized spacial score (nSPS) is 16.8. The average molecular weight is 524 g/mol. The summed E-state index contributed by atoms with van der Waals surface area (Å²) in [5, 5.41) is 0.0801. The van der Waals surface area contributed by atoms with Crippen molar-refractivity contribution in [1.29, 1.82) is 0 Å². The Morgan fingerprint density at radius 1 is 1.00 bits per heavy atom. The van der Waals surface area contributed by atoms with E-state index < -0.39 is 8.32 Å². The fourth-order valence-corrected chi connectivity index (χ4v) is 5.10. The molecule has 0 bridgehead atoms. The summed E-state index contributed by atoms with van der Waals surface area (Å²) in [5.41, 5.74) is 3.73. The molecule has 0 aliphatic carbocycles. The van der Waals surface area contributed by atoms with E-state index in [1.54, 1.807) is 17.2 Å². The van der Waals surface area contributed by atoms with Gasteiger partial charge in [-0.3, -0.25) is 9.69 Å². The lowest BCUT2D eigenvalue weighted by atomic mass is 10.0. The number of hydrogen-bond donors (Lipinski definition) is 0. The van der Waals surface area contributed by atoms with Crippen LogP contribution in [0.2, 0.25) is 18.1 Å². The molecule has 1 aromatic heterocycles. The van der Waals surface area contributed by atoms with E-state index in [1.165, 1.54) is 0 Å². The molecule has 0 spiro atoms. The third kappa shape index (κ3) is 5.20. The van der Waals surface area contributed by atoms with Crippen molar-refractivity contribution in [3.8, 4) is 5.75 Å². The first-order chi connectivity index (χ1) is 18.0. The van der Waals surface area contributed by atoms with Crippen LogP contribution in [0.1, 0.15) is 43.4 Å². The number of carbonyl (C=O) groups is 1. The van der Waals surface area contributed by atoms with Gasteiger partial charge in [-0.05, 0) is 54.9 Å². The van der Waals surface area contributed by atoms with Crippen molar-refractivity contribution in [2.24, 2.45) is 9.98 Å². The van der Waals surface area contributed by atoms with Crippen molar-refractivity contribution < 1.29 is 13.6 Å². The maximum atomic E-state index is 13.5. The molecule has 38 heavy (non-hydrogen) atoms. The van der Waals surface area contributed by atoms with E-state index in [4.69, 9.17) is 18.8 Å². The lowest BCUT2D eigenvalue weighted by molar-refractivity contribution is -0.120. The lowest BCUT2D eigenvalue weighted by Gasteiger charge is -2.36. The Kier molecular flexibility index (Phi) is 6.57. The number of benzene rings is 2. The maximum Gasteiger partial charge on any atom is 0.282 e. The molecule has 6 nitrogen and oxygen atoms in total. The second-order valence-corrected chi connectivity index (χ2v) is 15.9. The summed E-state index contributed by atoms with van der Waals surface area (Å²) in [5.74, 6) is 2.53. The highest BCUT2D eigenvalue weighted by Gasteiger charge is 2.39. The quantitative estimate of drug-likeness (QED) is 0.252. The van der Waals surface area contributed by atoms with Gasteiger partial charge in [-0.2, -0.15) is 0 Å². The molecule has 0 saturated carbocycles. The Labute approximate surface area is 225 Å². The van der Waals surface area contributed by atoms with Gasteiger partial charge in [-0.1, -0.05) is 63.2 Å². The number of aryl methyl sites for hydroxylation is 1. The van der Waals surface area contributed by atoms with Gasteiger partial charge in [-0.25, -0.2) is 9.98 Å². The summed E-state index contributed by atoms with van der Waals surface area (Å²) in [4.78, 5) is 24.8. The van der Waals surface area contributed by atoms with Crippen molar-refractivity contribution >= 4 is 37.5 Å². The van der Waals surface area contributed by atoms with Gasteiger partial charge in [0, 0.05) is 24.3 Å². The van der Waals surface area contributed by atoms with Crippen molar-refractivity contribution in [3.05, 3.63) is 101 Å². The molecule has 2 aliphatic rings. The third-order valence-electron chi connectivity index (χ3n) is 7.22. The van der Waals surface area contributed by atoms with Crippen LogP contribution in [-0.4, -0.2) is 30.7 Å². The molecular weight excluding hydrogens is 490 g/mol. The monoisotopic (exact) mass is 523 g/mol. The minimum Gasteiger partial charge on any atom is -0.543 e. The Morgan fingerprint density at radius 2 is 1.76 bits per heavy atom. The molecule has 0 atom stereocenters. The summed E-state index contributed by atoms with van der Waals surface area (Å²) in [6, 6.07) is 21.8. The minimum absolute atomic E-state index is 0.0801. The highest BCUT2D eigenvalue weighted by molar-refractivity contribution is 6.74. The highest BCUT2D eigenvalue weighted by Crippen LogP contribution is 2.38. The molecule has 5 rings (SSSR count). The van der Waals surface area contributed by atoms with Gasteiger partial charge < -0.3 is 8.84 Å². The number of fused-ring (bicyclic) bond motifs is 1. The van der Waals surface area contributed by atoms with E-state index in [0.717, 1.165) is 28.3 Å². The first kappa shape index (κ1) is 25.7. The minimum atomic E-state index is -2.01. The van der Waals surface area contributed by atoms with Crippen molar-refractivity contribution in [2.75, 3.05) is 0 Å². The van der Waals surface area contributed by atoms with Crippen molar-refractivity contribution in [3.63, 3.8) is 0 Å². The van der Waals surface area contributed by atoms with Crippen LogP contribution in [-0.2, 0) is 11.2 Å². The number of aliphatic imine (C=N–C) groups is 2. The number of hydrogen-bond acceptors (Lipinski definition) is 5. The number of nitrogens with zero attached hydrogens (tertiary/aromatic N) is 3. The van der Waals surface area contributed by atoms with Gasteiger partial charge in [0.15, 0.2) is 5.84 Å². The molecule has 7 heteroatoms. The van der Waals surface area contributed by atoms with E-state index in [0.29, 0.717) is 29.4 Å². The van der Waals surface area contributed by atoms with Crippen molar-refractivity contribution in [1.82, 2.24) is 4.90 Å². The summed E-state index contributed by atoms with van der Waals surface area (Å²) < 4.78 is 12.2.